The molecule has 1 aromatic rings. The summed E-state index contributed by atoms with van der Waals surface area (Å²) < 4.78 is 0. The largest absolute Gasteiger partial charge is 2.00 e. The predicted molar refractivity (Wildman–Crippen MR) is 96.1 cm³/mol. The van der Waals surface area contributed by atoms with E-state index in [4.69, 9.17) is 0 Å². The Morgan fingerprint density at radius 2 is 1.54 bits per heavy atom. The summed E-state index contributed by atoms with van der Waals surface area (Å²) in [5.41, 5.74) is 6.01. The van der Waals surface area contributed by atoms with Gasteiger partial charge in [-0.2, -0.15) is 0 Å². The Hall–Kier alpha value is 0.120. The van der Waals surface area contributed by atoms with Gasteiger partial charge < -0.3 is 24.8 Å². The van der Waals surface area contributed by atoms with E-state index in [0.29, 0.717) is 11.1 Å². The molecule has 2 aliphatic carbocycles. The third-order valence-electron chi connectivity index (χ3n) is 5.17. The van der Waals surface area contributed by atoms with Crippen molar-refractivity contribution in [3.8, 4) is 0 Å². The second kappa shape index (κ2) is 8.67. The third kappa shape index (κ3) is 4.44. The van der Waals surface area contributed by atoms with Crippen molar-refractivity contribution in [2.75, 3.05) is 0 Å². The first kappa shape index (κ1) is 24.1. The molecule has 0 fully saturated rings. The molecule has 2 unspecified atom stereocenters. The van der Waals surface area contributed by atoms with E-state index in [1.807, 2.05) is 0 Å². The number of rotatable bonds is 2. The Bertz CT molecular complexity index is 654. The Balaban J connectivity index is 0.00000176. The molecule has 0 heterocycles. The number of hydrogen-bond donors (Lipinski definition) is 0. The SMILES string of the molecule is CC(C)(C)C1=CC([Si](C)(C)C2C=Cc3ccccc32)C=C1.[Cl-].[Cl-].[Zr+2]. The van der Waals surface area contributed by atoms with Crippen molar-refractivity contribution in [2.24, 2.45) is 5.41 Å². The summed E-state index contributed by atoms with van der Waals surface area (Å²) in [7, 11) is -1.46. The van der Waals surface area contributed by atoms with Crippen molar-refractivity contribution >= 4 is 14.1 Å². The summed E-state index contributed by atoms with van der Waals surface area (Å²) in [5.74, 6) is 0. The zero-order valence-corrected chi connectivity index (χ0v) is 20.1. The zero-order chi connectivity index (χ0) is 15.3. The maximum atomic E-state index is 2.54. The van der Waals surface area contributed by atoms with E-state index in [2.05, 4.69) is 88.5 Å². The molecular formula is C20H26Cl2SiZr. The van der Waals surface area contributed by atoms with Gasteiger partial charge in [-0.15, -0.1) is 0 Å². The van der Waals surface area contributed by atoms with Crippen molar-refractivity contribution < 1.29 is 51.0 Å². The Morgan fingerprint density at radius 3 is 2.12 bits per heavy atom. The number of halogens is 2. The van der Waals surface area contributed by atoms with Crippen LogP contribution in [0.4, 0.5) is 0 Å². The first-order valence-electron chi connectivity index (χ1n) is 7.98. The van der Waals surface area contributed by atoms with E-state index in [9.17, 15) is 0 Å². The van der Waals surface area contributed by atoms with E-state index in [1.165, 1.54) is 11.1 Å². The summed E-state index contributed by atoms with van der Waals surface area (Å²) in [6.07, 6.45) is 12.1. The number of benzene rings is 1. The van der Waals surface area contributed by atoms with E-state index in [-0.39, 0.29) is 56.4 Å². The molecule has 128 valence electrons. The third-order valence-corrected chi connectivity index (χ3v) is 9.35. The Labute approximate surface area is 179 Å². The quantitative estimate of drug-likeness (QED) is 0.548. The maximum Gasteiger partial charge on any atom is 2.00 e. The van der Waals surface area contributed by atoms with E-state index in [0.717, 1.165) is 0 Å². The molecule has 0 aliphatic heterocycles. The molecule has 4 heteroatoms. The first-order chi connectivity index (χ1) is 9.80. The van der Waals surface area contributed by atoms with Crippen LogP contribution in [0.1, 0.15) is 37.4 Å². The molecule has 0 aromatic heterocycles. The van der Waals surface area contributed by atoms with Crippen molar-refractivity contribution in [2.45, 2.75) is 44.9 Å². The molecular weight excluding hydrogens is 430 g/mol. The van der Waals surface area contributed by atoms with Crippen LogP contribution >= 0.6 is 0 Å². The molecule has 0 amide bonds. The minimum Gasteiger partial charge on any atom is -1.00 e. The van der Waals surface area contributed by atoms with Gasteiger partial charge in [0, 0.05) is 0 Å². The summed E-state index contributed by atoms with van der Waals surface area (Å²) in [4.78, 5) is 0. The van der Waals surface area contributed by atoms with Crippen molar-refractivity contribution in [3.05, 3.63) is 65.3 Å². The van der Waals surface area contributed by atoms with Gasteiger partial charge in [-0.25, -0.2) is 0 Å². The molecule has 24 heavy (non-hydrogen) atoms. The van der Waals surface area contributed by atoms with Crippen LogP contribution in [0.15, 0.2) is 54.1 Å². The average Bonchev–Trinajstić information content (AvgIpc) is 3.05. The number of allylic oxidation sites excluding steroid dienone is 5. The fourth-order valence-electron chi connectivity index (χ4n) is 3.58. The van der Waals surface area contributed by atoms with Crippen LogP contribution in [0.2, 0.25) is 18.6 Å². The molecule has 0 bridgehead atoms. The molecule has 0 nitrogen and oxygen atoms in total. The monoisotopic (exact) mass is 454 g/mol. The van der Waals surface area contributed by atoms with Gasteiger partial charge >= 0.3 is 26.2 Å². The van der Waals surface area contributed by atoms with Gasteiger partial charge in [0.1, 0.15) is 0 Å². The van der Waals surface area contributed by atoms with E-state index in [1.54, 1.807) is 5.56 Å². The maximum absolute atomic E-state index is 2.54. The normalized spacial score (nSPS) is 21.3. The summed E-state index contributed by atoms with van der Waals surface area (Å²) >= 11 is 0. The Morgan fingerprint density at radius 1 is 0.917 bits per heavy atom. The van der Waals surface area contributed by atoms with Gasteiger partial charge in [0.2, 0.25) is 0 Å². The molecule has 0 spiro atoms. The van der Waals surface area contributed by atoms with Gasteiger partial charge in [-0.3, -0.25) is 0 Å². The van der Waals surface area contributed by atoms with Crippen molar-refractivity contribution in [3.63, 3.8) is 0 Å². The Kier molecular flexibility index (Phi) is 8.71. The fourth-order valence-corrected chi connectivity index (χ4v) is 6.85. The first-order valence-corrected chi connectivity index (χ1v) is 11.1. The van der Waals surface area contributed by atoms with Crippen molar-refractivity contribution in [1.82, 2.24) is 0 Å². The van der Waals surface area contributed by atoms with Gasteiger partial charge in [-0.1, -0.05) is 88.5 Å². The van der Waals surface area contributed by atoms with Gasteiger partial charge in [0.05, 0.1) is 8.07 Å². The number of fused-ring (bicyclic) bond motifs is 1. The van der Waals surface area contributed by atoms with Crippen LogP contribution in [0.3, 0.4) is 0 Å². The molecule has 2 atom stereocenters. The van der Waals surface area contributed by atoms with Crippen LogP contribution in [-0.4, -0.2) is 8.07 Å². The number of hydrogen-bond acceptors (Lipinski definition) is 0. The van der Waals surface area contributed by atoms with Crippen LogP contribution in [-0.2, 0) is 26.2 Å². The summed E-state index contributed by atoms with van der Waals surface area (Å²) in [6, 6.07) is 8.90. The predicted octanol–water partition coefficient (Wildman–Crippen LogP) is -0.0374. The van der Waals surface area contributed by atoms with Crippen LogP contribution < -0.4 is 24.8 Å². The fraction of sp³-hybridized carbons (Fsp3) is 0.400. The molecule has 0 N–H and O–H groups in total. The zero-order valence-electron chi connectivity index (χ0n) is 15.1. The smallest absolute Gasteiger partial charge is 1.00 e. The van der Waals surface area contributed by atoms with Crippen LogP contribution in [0.25, 0.3) is 6.08 Å². The van der Waals surface area contributed by atoms with Crippen LogP contribution in [0, 0.1) is 5.41 Å². The summed E-state index contributed by atoms with van der Waals surface area (Å²) in [6.45, 7) is 12.0. The molecule has 0 saturated heterocycles. The molecule has 0 saturated carbocycles. The summed E-state index contributed by atoms with van der Waals surface area (Å²) in [5, 5.41) is 0. The standard InChI is InChI=1S/C20H26Si.2ClH.Zr/c1-20(2,3)16-11-12-17(14-16)21(4,5)19-13-10-15-8-6-7-9-18(15)19;;;/h6-14,17,19H,1-5H3;2*1H;/q;;;+2/p-2. The molecule has 1 aromatic carbocycles. The van der Waals surface area contributed by atoms with Crippen LogP contribution in [0.5, 0.6) is 0 Å². The molecule has 2 aliphatic rings. The van der Waals surface area contributed by atoms with Gasteiger partial charge in [0.15, 0.2) is 0 Å². The van der Waals surface area contributed by atoms with E-state index >= 15 is 0 Å². The van der Waals surface area contributed by atoms with E-state index < -0.39 is 8.07 Å². The minimum atomic E-state index is -1.46. The molecule has 0 radical (unpaired) electrons. The topological polar surface area (TPSA) is 0 Å². The van der Waals surface area contributed by atoms with Gasteiger partial charge in [-0.05, 0) is 33.2 Å². The minimum absolute atomic E-state index is 0. The second-order valence-electron chi connectivity index (χ2n) is 8.04. The van der Waals surface area contributed by atoms with Crippen molar-refractivity contribution in [1.29, 1.82) is 0 Å². The van der Waals surface area contributed by atoms with Gasteiger partial charge in [0.25, 0.3) is 0 Å². The molecule has 3 rings (SSSR count). The second-order valence-corrected chi connectivity index (χ2v) is 13.0. The average molecular weight is 457 g/mol.